The van der Waals surface area contributed by atoms with Crippen LogP contribution in [0.5, 0.6) is 5.75 Å². The van der Waals surface area contributed by atoms with Gasteiger partial charge < -0.3 is 10.1 Å². The van der Waals surface area contributed by atoms with E-state index in [1.54, 1.807) is 13.3 Å². The minimum absolute atomic E-state index is 0.140. The van der Waals surface area contributed by atoms with E-state index in [0.717, 1.165) is 22.1 Å². The van der Waals surface area contributed by atoms with E-state index in [0.29, 0.717) is 5.82 Å². The van der Waals surface area contributed by atoms with Crippen LogP contribution in [0.15, 0.2) is 54.7 Å². The van der Waals surface area contributed by atoms with Crippen LogP contribution in [0, 0.1) is 0 Å². The van der Waals surface area contributed by atoms with E-state index >= 15 is 0 Å². The highest BCUT2D eigenvalue weighted by Crippen LogP contribution is 2.19. The van der Waals surface area contributed by atoms with Gasteiger partial charge in [-0.25, -0.2) is 0 Å². The van der Waals surface area contributed by atoms with Crippen molar-refractivity contribution in [2.45, 2.75) is 6.42 Å². The Morgan fingerprint density at radius 3 is 2.91 bits per heavy atom. The molecule has 0 aliphatic rings. The van der Waals surface area contributed by atoms with Crippen LogP contribution in [-0.4, -0.2) is 23.2 Å². The van der Waals surface area contributed by atoms with E-state index in [-0.39, 0.29) is 12.3 Å². The summed E-state index contributed by atoms with van der Waals surface area (Å²) < 4.78 is 5.16. The molecule has 2 aromatic carbocycles. The maximum atomic E-state index is 12.2. The van der Waals surface area contributed by atoms with Gasteiger partial charge in [0, 0.05) is 10.8 Å². The van der Waals surface area contributed by atoms with Gasteiger partial charge in [-0.15, -0.1) is 5.10 Å². The summed E-state index contributed by atoms with van der Waals surface area (Å²) in [4.78, 5) is 12.2. The molecule has 5 heteroatoms. The van der Waals surface area contributed by atoms with E-state index in [1.807, 2.05) is 48.5 Å². The van der Waals surface area contributed by atoms with Gasteiger partial charge in [0.05, 0.1) is 19.7 Å². The molecule has 0 fully saturated rings. The summed E-state index contributed by atoms with van der Waals surface area (Å²) in [5, 5.41) is 12.6. The summed E-state index contributed by atoms with van der Waals surface area (Å²) in [6.07, 6.45) is 1.93. The van der Waals surface area contributed by atoms with Gasteiger partial charge in [-0.1, -0.05) is 36.4 Å². The van der Waals surface area contributed by atoms with Crippen LogP contribution in [0.3, 0.4) is 0 Å². The summed E-state index contributed by atoms with van der Waals surface area (Å²) in [6, 6.07) is 15.1. The van der Waals surface area contributed by atoms with Gasteiger partial charge in [-0.2, -0.15) is 5.10 Å². The predicted molar refractivity (Wildman–Crippen MR) is 84.9 cm³/mol. The monoisotopic (exact) mass is 293 g/mol. The molecule has 1 aromatic heterocycles. The van der Waals surface area contributed by atoms with Crippen LogP contribution < -0.4 is 10.1 Å². The van der Waals surface area contributed by atoms with Gasteiger partial charge in [0.25, 0.3) is 0 Å². The van der Waals surface area contributed by atoms with Crippen LogP contribution in [0.2, 0.25) is 0 Å². The number of hydrogen-bond acceptors (Lipinski definition) is 4. The van der Waals surface area contributed by atoms with Gasteiger partial charge >= 0.3 is 0 Å². The number of aromatic nitrogens is 2. The van der Waals surface area contributed by atoms with Crippen molar-refractivity contribution in [1.29, 1.82) is 0 Å². The average Bonchev–Trinajstić information content (AvgIpc) is 2.55. The van der Waals surface area contributed by atoms with E-state index in [2.05, 4.69) is 15.5 Å². The Morgan fingerprint density at radius 1 is 1.18 bits per heavy atom. The molecule has 1 amide bonds. The largest absolute Gasteiger partial charge is 0.497 e. The van der Waals surface area contributed by atoms with Crippen molar-refractivity contribution in [3.63, 3.8) is 0 Å². The molecule has 22 heavy (non-hydrogen) atoms. The first kappa shape index (κ1) is 14.0. The molecule has 5 nitrogen and oxygen atoms in total. The molecule has 110 valence electrons. The number of carbonyl (C=O) groups excluding carboxylic acids is 1. The topological polar surface area (TPSA) is 64.1 Å². The Balaban J connectivity index is 1.78. The zero-order valence-corrected chi connectivity index (χ0v) is 12.1. The van der Waals surface area contributed by atoms with Crippen LogP contribution in [0.25, 0.3) is 10.8 Å². The second kappa shape index (κ2) is 6.22. The van der Waals surface area contributed by atoms with Crippen LogP contribution in [0.4, 0.5) is 5.82 Å². The Kier molecular flexibility index (Phi) is 3.96. The van der Waals surface area contributed by atoms with Gasteiger partial charge in [-0.3, -0.25) is 4.79 Å². The number of rotatable bonds is 4. The van der Waals surface area contributed by atoms with Crippen LogP contribution >= 0.6 is 0 Å². The SMILES string of the molecule is COc1cccc(CC(=O)Nc2nncc3ccccc23)c1. The first-order valence-electron chi connectivity index (χ1n) is 6.89. The Morgan fingerprint density at radius 2 is 2.05 bits per heavy atom. The molecular formula is C17H15N3O2. The molecule has 0 saturated heterocycles. The summed E-state index contributed by atoms with van der Waals surface area (Å²) in [6.45, 7) is 0. The lowest BCUT2D eigenvalue weighted by atomic mass is 10.1. The highest BCUT2D eigenvalue weighted by Gasteiger charge is 2.09. The molecule has 0 aliphatic heterocycles. The van der Waals surface area contributed by atoms with E-state index in [1.165, 1.54) is 0 Å². The summed E-state index contributed by atoms with van der Waals surface area (Å²) in [7, 11) is 1.60. The number of nitrogens with one attached hydrogen (secondary N) is 1. The number of fused-ring (bicyclic) bond motifs is 1. The minimum atomic E-state index is -0.140. The zero-order chi connectivity index (χ0) is 15.4. The van der Waals surface area contributed by atoms with Crippen molar-refractivity contribution in [1.82, 2.24) is 10.2 Å². The number of anilines is 1. The van der Waals surface area contributed by atoms with E-state index in [4.69, 9.17) is 4.74 Å². The Hall–Kier alpha value is -2.95. The van der Waals surface area contributed by atoms with Crippen molar-refractivity contribution in [2.24, 2.45) is 0 Å². The molecule has 3 rings (SSSR count). The van der Waals surface area contributed by atoms with Gasteiger partial charge in [0.1, 0.15) is 5.75 Å². The van der Waals surface area contributed by atoms with Gasteiger partial charge in [0.2, 0.25) is 5.91 Å². The number of carbonyl (C=O) groups is 1. The molecule has 0 spiro atoms. The van der Waals surface area contributed by atoms with Crippen molar-refractivity contribution >= 4 is 22.5 Å². The first-order valence-corrected chi connectivity index (χ1v) is 6.89. The predicted octanol–water partition coefficient (Wildman–Crippen LogP) is 2.82. The third-order valence-electron chi connectivity index (χ3n) is 3.33. The van der Waals surface area contributed by atoms with Crippen molar-refractivity contribution in [2.75, 3.05) is 12.4 Å². The third kappa shape index (κ3) is 3.03. The van der Waals surface area contributed by atoms with Gasteiger partial charge in [0.15, 0.2) is 5.82 Å². The molecule has 0 unspecified atom stereocenters. The van der Waals surface area contributed by atoms with Crippen LogP contribution in [-0.2, 0) is 11.2 Å². The number of amides is 1. The first-order chi connectivity index (χ1) is 10.8. The minimum Gasteiger partial charge on any atom is -0.497 e. The lowest BCUT2D eigenvalue weighted by molar-refractivity contribution is -0.115. The number of ether oxygens (including phenoxy) is 1. The molecule has 0 saturated carbocycles. The van der Waals surface area contributed by atoms with Crippen molar-refractivity contribution < 1.29 is 9.53 Å². The quantitative estimate of drug-likeness (QED) is 0.803. The number of nitrogens with zero attached hydrogens (tertiary/aromatic N) is 2. The summed E-state index contributed by atoms with van der Waals surface area (Å²) in [5.74, 6) is 1.07. The number of methoxy groups -OCH3 is 1. The highest BCUT2D eigenvalue weighted by atomic mass is 16.5. The third-order valence-corrected chi connectivity index (χ3v) is 3.33. The second-order valence-corrected chi connectivity index (χ2v) is 4.86. The average molecular weight is 293 g/mol. The van der Waals surface area contributed by atoms with Crippen LogP contribution in [0.1, 0.15) is 5.56 Å². The summed E-state index contributed by atoms with van der Waals surface area (Å²) >= 11 is 0. The van der Waals surface area contributed by atoms with Gasteiger partial charge in [-0.05, 0) is 17.7 Å². The fraction of sp³-hybridized carbons (Fsp3) is 0.118. The lowest BCUT2D eigenvalue weighted by Gasteiger charge is -2.07. The maximum Gasteiger partial charge on any atom is 0.230 e. The smallest absolute Gasteiger partial charge is 0.230 e. The summed E-state index contributed by atoms with van der Waals surface area (Å²) in [5.41, 5.74) is 0.880. The molecule has 0 radical (unpaired) electrons. The highest BCUT2D eigenvalue weighted by molar-refractivity contribution is 6.00. The van der Waals surface area contributed by atoms with Crippen molar-refractivity contribution in [3.05, 3.63) is 60.3 Å². The molecule has 3 aromatic rings. The lowest BCUT2D eigenvalue weighted by Crippen LogP contribution is -2.16. The Bertz CT molecular complexity index is 812. The fourth-order valence-corrected chi connectivity index (χ4v) is 2.26. The molecule has 1 N–H and O–H groups in total. The fourth-order valence-electron chi connectivity index (χ4n) is 2.26. The zero-order valence-electron chi connectivity index (χ0n) is 12.1. The number of benzene rings is 2. The molecule has 0 bridgehead atoms. The molecule has 1 heterocycles. The van der Waals surface area contributed by atoms with E-state index < -0.39 is 0 Å². The molecular weight excluding hydrogens is 278 g/mol. The van der Waals surface area contributed by atoms with E-state index in [9.17, 15) is 4.79 Å². The second-order valence-electron chi connectivity index (χ2n) is 4.86. The number of hydrogen-bond donors (Lipinski definition) is 1. The Labute approximate surface area is 127 Å². The van der Waals surface area contributed by atoms with Crippen molar-refractivity contribution in [3.8, 4) is 5.75 Å². The maximum absolute atomic E-state index is 12.2. The normalized spacial score (nSPS) is 10.4. The standard InChI is InChI=1S/C17H15N3O2/c1-22-14-7-4-5-12(9-14)10-16(21)19-17-15-8-3-2-6-13(15)11-18-20-17/h2-9,11H,10H2,1H3,(H,19,20,21). The molecule has 0 aliphatic carbocycles. The molecule has 0 atom stereocenters.